The molecule has 0 aliphatic carbocycles. The molecule has 1 aromatic heterocycles. The van der Waals surface area contributed by atoms with E-state index in [4.69, 9.17) is 9.47 Å². The molecule has 2 heterocycles. The minimum absolute atomic E-state index is 0.150. The van der Waals surface area contributed by atoms with Gasteiger partial charge in [0, 0.05) is 38.9 Å². The van der Waals surface area contributed by atoms with E-state index < -0.39 is 29.7 Å². The van der Waals surface area contributed by atoms with Crippen LogP contribution in [0.15, 0.2) is 54.7 Å². The van der Waals surface area contributed by atoms with Crippen LogP contribution in [0.3, 0.4) is 0 Å². The number of aromatic nitrogens is 1. The third-order valence-electron chi connectivity index (χ3n) is 6.66. The van der Waals surface area contributed by atoms with Crippen molar-refractivity contribution >= 4 is 40.2 Å². The maximum absolute atomic E-state index is 15.6. The number of methoxy groups -OCH3 is 1. The molecule has 9 heteroatoms. The van der Waals surface area contributed by atoms with E-state index in [0.29, 0.717) is 32.0 Å². The van der Waals surface area contributed by atoms with E-state index >= 15 is 4.39 Å². The minimum Gasteiger partial charge on any atom is -0.497 e. The van der Waals surface area contributed by atoms with Crippen LogP contribution >= 0.6 is 22.6 Å². The van der Waals surface area contributed by atoms with Gasteiger partial charge in [0.2, 0.25) is 0 Å². The van der Waals surface area contributed by atoms with Crippen LogP contribution in [0.5, 0.6) is 11.5 Å². The monoisotopic (exact) mass is 631 g/mol. The lowest BCUT2D eigenvalue weighted by Crippen LogP contribution is -2.44. The molecular formula is C29H31FIN3O4. The van der Waals surface area contributed by atoms with Crippen molar-refractivity contribution in [3.05, 3.63) is 80.8 Å². The van der Waals surface area contributed by atoms with Crippen molar-refractivity contribution in [2.45, 2.75) is 58.2 Å². The molecule has 38 heavy (non-hydrogen) atoms. The number of anilines is 1. The van der Waals surface area contributed by atoms with Gasteiger partial charge in [0.1, 0.15) is 17.6 Å². The lowest BCUT2D eigenvalue weighted by Gasteiger charge is -2.27. The van der Waals surface area contributed by atoms with Crippen molar-refractivity contribution in [3.8, 4) is 11.5 Å². The molecule has 1 N–H and O–H groups in total. The highest BCUT2D eigenvalue weighted by atomic mass is 127. The number of rotatable bonds is 8. The molecule has 4 rings (SSSR count). The second kappa shape index (κ2) is 11.7. The molecule has 1 fully saturated rings. The first-order chi connectivity index (χ1) is 18.2. The Morgan fingerprint density at radius 2 is 1.92 bits per heavy atom. The molecule has 0 spiro atoms. The first-order valence-corrected chi connectivity index (χ1v) is 13.6. The summed E-state index contributed by atoms with van der Waals surface area (Å²) < 4.78 is 27.4. The van der Waals surface area contributed by atoms with Gasteiger partial charge in [-0.25, -0.2) is 9.37 Å². The molecule has 3 aromatic rings. The number of carbonyl (C=O) groups excluding carboxylic acids is 2. The Morgan fingerprint density at radius 1 is 1.21 bits per heavy atom. The van der Waals surface area contributed by atoms with Gasteiger partial charge in [-0.2, -0.15) is 0 Å². The Kier molecular flexibility index (Phi) is 8.54. The Bertz CT molecular complexity index is 1310. The quantitative estimate of drug-likeness (QED) is 0.333. The summed E-state index contributed by atoms with van der Waals surface area (Å²) in [6.07, 6.45) is 2.27. The molecule has 1 aliphatic rings. The average molecular weight is 631 g/mol. The van der Waals surface area contributed by atoms with Crippen molar-refractivity contribution in [1.29, 1.82) is 0 Å². The topological polar surface area (TPSA) is 80.8 Å². The lowest BCUT2D eigenvalue weighted by atomic mass is 9.88. The van der Waals surface area contributed by atoms with Crippen LogP contribution in [0.4, 0.5) is 10.2 Å². The van der Waals surface area contributed by atoms with E-state index in [2.05, 4.69) is 10.3 Å². The van der Waals surface area contributed by atoms with E-state index in [9.17, 15) is 9.59 Å². The first-order valence-electron chi connectivity index (χ1n) is 12.5. The highest BCUT2D eigenvalue weighted by Gasteiger charge is 2.50. The predicted molar refractivity (Wildman–Crippen MR) is 152 cm³/mol. The Hall–Kier alpha value is -3.21. The maximum atomic E-state index is 15.6. The standard InChI is InChI=1S/C29H31FIN3O4/c1-6-18-9-11-19(12-10-18)28(35)33-26-24(25-21(30)14-20(37-5)15-22(25)31)17(4)34(29(26)36)27-23(38-16(2)3)8-7-13-32-27/h7-17,24,26H,6H2,1-5H3,(H,33,35)/t17-,24-,26-/m0/s1. The van der Waals surface area contributed by atoms with Gasteiger partial charge in [-0.1, -0.05) is 19.1 Å². The summed E-state index contributed by atoms with van der Waals surface area (Å²) in [4.78, 5) is 33.3. The highest BCUT2D eigenvalue weighted by Crippen LogP contribution is 2.43. The van der Waals surface area contributed by atoms with Crippen molar-refractivity contribution in [3.63, 3.8) is 0 Å². The number of carbonyl (C=O) groups is 2. The third-order valence-corrected chi connectivity index (χ3v) is 7.56. The first kappa shape index (κ1) is 27.8. The molecule has 0 radical (unpaired) electrons. The van der Waals surface area contributed by atoms with Gasteiger partial charge < -0.3 is 14.8 Å². The summed E-state index contributed by atoms with van der Waals surface area (Å²) in [5.74, 6) is -0.865. The number of pyridine rings is 1. The maximum Gasteiger partial charge on any atom is 0.251 e. The van der Waals surface area contributed by atoms with E-state index in [0.717, 1.165) is 12.0 Å². The Balaban J connectivity index is 1.80. The number of nitrogens with zero attached hydrogens (tertiary/aromatic N) is 2. The van der Waals surface area contributed by atoms with Gasteiger partial charge in [0.05, 0.1) is 13.2 Å². The van der Waals surface area contributed by atoms with Crippen LogP contribution in [-0.4, -0.2) is 42.1 Å². The van der Waals surface area contributed by atoms with Gasteiger partial charge >= 0.3 is 0 Å². The summed E-state index contributed by atoms with van der Waals surface area (Å²) in [6.45, 7) is 7.64. The fourth-order valence-corrected chi connectivity index (χ4v) is 5.75. The molecule has 2 amide bonds. The normalized spacial score (nSPS) is 19.1. The number of benzene rings is 2. The van der Waals surface area contributed by atoms with E-state index in [-0.39, 0.29) is 12.0 Å². The zero-order valence-electron chi connectivity index (χ0n) is 22.0. The van der Waals surface area contributed by atoms with E-state index in [1.54, 1.807) is 36.5 Å². The molecule has 200 valence electrons. The number of halogens is 2. The molecule has 0 unspecified atom stereocenters. The number of hydrogen-bond acceptors (Lipinski definition) is 5. The SMILES string of the molecule is CCc1ccc(C(=O)N[C@@H]2C(=O)N(c3ncccc3OC(C)C)[C@@H](C)[C@H]2c2c(F)cc(OC)cc2I)cc1. The fraction of sp³-hybridized carbons (Fsp3) is 0.345. The molecule has 1 saturated heterocycles. The number of ether oxygens (including phenoxy) is 2. The third kappa shape index (κ3) is 5.48. The molecule has 3 atom stereocenters. The van der Waals surface area contributed by atoms with Crippen molar-refractivity contribution < 1.29 is 23.5 Å². The molecule has 7 nitrogen and oxygen atoms in total. The van der Waals surface area contributed by atoms with Crippen molar-refractivity contribution in [2.24, 2.45) is 0 Å². The molecular weight excluding hydrogens is 600 g/mol. The second-order valence-electron chi connectivity index (χ2n) is 9.47. The van der Waals surface area contributed by atoms with Crippen LogP contribution in [0.25, 0.3) is 0 Å². The van der Waals surface area contributed by atoms with Gasteiger partial charge in [-0.05, 0) is 85.7 Å². The van der Waals surface area contributed by atoms with Crippen molar-refractivity contribution in [2.75, 3.05) is 12.0 Å². The smallest absolute Gasteiger partial charge is 0.251 e. The zero-order valence-corrected chi connectivity index (χ0v) is 24.2. The number of amides is 2. The van der Waals surface area contributed by atoms with Crippen LogP contribution in [0, 0.1) is 9.39 Å². The summed E-state index contributed by atoms with van der Waals surface area (Å²) in [5.41, 5.74) is 1.86. The van der Waals surface area contributed by atoms with Crippen LogP contribution in [-0.2, 0) is 11.2 Å². The number of aryl methyl sites for hydroxylation is 1. The largest absolute Gasteiger partial charge is 0.497 e. The Labute approximate surface area is 235 Å². The van der Waals surface area contributed by atoms with Crippen molar-refractivity contribution in [1.82, 2.24) is 10.3 Å². The average Bonchev–Trinajstić information content (AvgIpc) is 3.12. The Morgan fingerprint density at radius 3 is 2.53 bits per heavy atom. The van der Waals surface area contributed by atoms with Crippen LogP contribution < -0.4 is 19.7 Å². The minimum atomic E-state index is -1.03. The van der Waals surface area contributed by atoms with E-state index in [1.807, 2.05) is 62.4 Å². The van der Waals surface area contributed by atoms with E-state index in [1.165, 1.54) is 18.1 Å². The summed E-state index contributed by atoms with van der Waals surface area (Å²) in [6, 6.07) is 12.1. The summed E-state index contributed by atoms with van der Waals surface area (Å²) in [5, 5.41) is 2.90. The van der Waals surface area contributed by atoms with Crippen LogP contribution in [0.1, 0.15) is 55.1 Å². The fourth-order valence-electron chi connectivity index (χ4n) is 4.82. The number of hydrogen-bond donors (Lipinski definition) is 1. The highest BCUT2D eigenvalue weighted by molar-refractivity contribution is 14.1. The number of nitrogens with one attached hydrogen (secondary N) is 1. The summed E-state index contributed by atoms with van der Waals surface area (Å²) >= 11 is 2.05. The van der Waals surface area contributed by atoms with Crippen LogP contribution in [0.2, 0.25) is 0 Å². The predicted octanol–water partition coefficient (Wildman–Crippen LogP) is 5.50. The molecule has 1 aliphatic heterocycles. The molecule has 2 aromatic carbocycles. The van der Waals surface area contributed by atoms with Gasteiger partial charge in [-0.3, -0.25) is 14.5 Å². The van der Waals surface area contributed by atoms with Gasteiger partial charge in [0.15, 0.2) is 11.6 Å². The molecule has 0 bridgehead atoms. The lowest BCUT2D eigenvalue weighted by molar-refractivity contribution is -0.118. The summed E-state index contributed by atoms with van der Waals surface area (Å²) in [7, 11) is 1.47. The zero-order chi connectivity index (χ0) is 27.6. The van der Waals surface area contributed by atoms with Gasteiger partial charge in [-0.15, -0.1) is 0 Å². The second-order valence-corrected chi connectivity index (χ2v) is 10.6. The molecule has 0 saturated carbocycles. The van der Waals surface area contributed by atoms with Gasteiger partial charge in [0.25, 0.3) is 11.8 Å².